The van der Waals surface area contributed by atoms with E-state index in [1.54, 1.807) is 19.1 Å². The summed E-state index contributed by atoms with van der Waals surface area (Å²) in [5.74, 6) is 5.87. The van der Waals surface area contributed by atoms with Gasteiger partial charge in [0.15, 0.2) is 0 Å². The summed E-state index contributed by atoms with van der Waals surface area (Å²) in [4.78, 5) is 0.172. The number of thioether (sulfide) groups is 1. The molecule has 92 valence electrons. The lowest BCUT2D eigenvalue weighted by atomic mass is 10.1. The van der Waals surface area contributed by atoms with Gasteiger partial charge in [0.1, 0.15) is 0 Å². The summed E-state index contributed by atoms with van der Waals surface area (Å²) in [6.45, 7) is 5.58. The molecule has 0 saturated carbocycles. The van der Waals surface area contributed by atoms with Gasteiger partial charge in [-0.1, -0.05) is 37.8 Å². The van der Waals surface area contributed by atoms with Crippen LogP contribution in [0.2, 0.25) is 0 Å². The van der Waals surface area contributed by atoms with Crippen LogP contribution in [0.5, 0.6) is 0 Å². The molecule has 0 unspecified atom stereocenters. The molecule has 0 aliphatic rings. The Balaban J connectivity index is 3.15. The van der Waals surface area contributed by atoms with E-state index < -0.39 is 5.51 Å². The molecule has 0 saturated heterocycles. The lowest BCUT2D eigenvalue weighted by molar-refractivity contribution is -0.0328. The summed E-state index contributed by atoms with van der Waals surface area (Å²) < 4.78 is 37.1. The summed E-state index contributed by atoms with van der Waals surface area (Å²) in [5.41, 5.74) is -3.03. The Labute approximate surface area is 104 Å². The summed E-state index contributed by atoms with van der Waals surface area (Å²) in [7, 11) is 0. The maximum absolute atomic E-state index is 12.4. The predicted octanol–water partition coefficient (Wildman–Crippen LogP) is 4.61. The van der Waals surface area contributed by atoms with Crippen LogP contribution in [-0.4, -0.2) is 5.51 Å². The molecule has 0 amide bonds. The summed E-state index contributed by atoms with van der Waals surface area (Å²) in [6, 6.07) is 4.84. The van der Waals surface area contributed by atoms with Crippen LogP contribution < -0.4 is 0 Å². The van der Waals surface area contributed by atoms with Crippen LogP contribution in [0, 0.1) is 24.7 Å². The van der Waals surface area contributed by atoms with Crippen molar-refractivity contribution in [2.45, 2.75) is 31.2 Å². The van der Waals surface area contributed by atoms with Crippen molar-refractivity contribution >= 4 is 11.8 Å². The Morgan fingerprint density at radius 2 is 1.88 bits per heavy atom. The molecule has 1 aromatic carbocycles. The molecule has 0 spiro atoms. The number of aryl methyl sites for hydroxylation is 1. The van der Waals surface area contributed by atoms with Gasteiger partial charge >= 0.3 is 5.51 Å². The molecule has 17 heavy (non-hydrogen) atoms. The van der Waals surface area contributed by atoms with Crippen molar-refractivity contribution in [3.05, 3.63) is 29.3 Å². The second-order valence-electron chi connectivity index (χ2n) is 3.92. The van der Waals surface area contributed by atoms with Crippen LogP contribution >= 0.6 is 11.8 Å². The average molecular weight is 258 g/mol. The molecule has 0 nitrogen and oxygen atoms in total. The number of halogens is 3. The third kappa shape index (κ3) is 4.74. The molecule has 0 aliphatic heterocycles. The highest BCUT2D eigenvalue weighted by molar-refractivity contribution is 8.00. The van der Waals surface area contributed by atoms with Crippen molar-refractivity contribution in [1.29, 1.82) is 0 Å². The third-order valence-electron chi connectivity index (χ3n) is 1.95. The first-order chi connectivity index (χ1) is 7.79. The van der Waals surface area contributed by atoms with E-state index in [0.717, 1.165) is 5.56 Å². The number of rotatable bonds is 1. The maximum Gasteiger partial charge on any atom is 0.446 e. The Kier molecular flexibility index (Phi) is 4.53. The molecule has 0 atom stereocenters. The van der Waals surface area contributed by atoms with Gasteiger partial charge in [-0.15, -0.1) is 0 Å². The molecule has 4 heteroatoms. The van der Waals surface area contributed by atoms with Crippen LogP contribution in [0.25, 0.3) is 0 Å². The average Bonchev–Trinajstić information content (AvgIpc) is 2.13. The van der Waals surface area contributed by atoms with Crippen LogP contribution in [0.1, 0.15) is 25.0 Å². The van der Waals surface area contributed by atoms with E-state index in [1.165, 1.54) is 6.07 Å². The first kappa shape index (κ1) is 14.0. The van der Waals surface area contributed by atoms with E-state index in [9.17, 15) is 13.2 Å². The number of benzene rings is 1. The Bertz CT molecular complexity index is 450. The second kappa shape index (κ2) is 5.50. The molecule has 0 fully saturated rings. The van der Waals surface area contributed by atoms with E-state index >= 15 is 0 Å². The van der Waals surface area contributed by atoms with Crippen molar-refractivity contribution in [1.82, 2.24) is 0 Å². The van der Waals surface area contributed by atoms with Gasteiger partial charge in [-0.2, -0.15) is 13.2 Å². The summed E-state index contributed by atoms with van der Waals surface area (Å²) in [5, 5.41) is 0. The van der Waals surface area contributed by atoms with Crippen LogP contribution in [0.4, 0.5) is 13.2 Å². The highest BCUT2D eigenvalue weighted by Crippen LogP contribution is 2.38. The number of alkyl halides is 3. The monoisotopic (exact) mass is 258 g/mol. The van der Waals surface area contributed by atoms with Gasteiger partial charge in [0.25, 0.3) is 0 Å². The smallest absolute Gasteiger partial charge is 0.160 e. The summed E-state index contributed by atoms with van der Waals surface area (Å²) >= 11 is -0.109. The van der Waals surface area contributed by atoms with E-state index in [1.807, 2.05) is 13.8 Å². The first-order valence-electron chi connectivity index (χ1n) is 5.16. The third-order valence-corrected chi connectivity index (χ3v) is 2.74. The second-order valence-corrected chi connectivity index (χ2v) is 5.03. The fourth-order valence-electron chi connectivity index (χ4n) is 1.23. The zero-order valence-electron chi connectivity index (χ0n) is 9.85. The van der Waals surface area contributed by atoms with Crippen molar-refractivity contribution in [2.75, 3.05) is 0 Å². The largest absolute Gasteiger partial charge is 0.446 e. The quantitative estimate of drug-likeness (QED) is 0.523. The van der Waals surface area contributed by atoms with Crippen molar-refractivity contribution in [3.8, 4) is 11.8 Å². The topological polar surface area (TPSA) is 0 Å². The molecule has 1 rings (SSSR count). The highest BCUT2D eigenvalue weighted by atomic mass is 32.2. The maximum atomic E-state index is 12.4. The van der Waals surface area contributed by atoms with Crippen LogP contribution in [0.3, 0.4) is 0 Å². The molecule has 0 aromatic heterocycles. The minimum Gasteiger partial charge on any atom is -0.160 e. The number of hydrogen-bond acceptors (Lipinski definition) is 1. The lowest BCUT2D eigenvalue weighted by Crippen LogP contribution is -2.01. The first-order valence-corrected chi connectivity index (χ1v) is 5.98. The Morgan fingerprint density at radius 1 is 1.24 bits per heavy atom. The molecule has 0 heterocycles. The highest BCUT2D eigenvalue weighted by Gasteiger charge is 2.30. The number of hydrogen-bond donors (Lipinski definition) is 0. The van der Waals surface area contributed by atoms with Crippen LogP contribution in [-0.2, 0) is 0 Å². The van der Waals surface area contributed by atoms with Crippen LogP contribution in [0.15, 0.2) is 23.1 Å². The van der Waals surface area contributed by atoms with Gasteiger partial charge < -0.3 is 0 Å². The van der Waals surface area contributed by atoms with Gasteiger partial charge in [0.05, 0.1) is 0 Å². The minimum absolute atomic E-state index is 0.109. The van der Waals surface area contributed by atoms with Gasteiger partial charge in [0, 0.05) is 16.4 Å². The standard InChI is InChI=1S/C13H13F3S/c1-9(2)7-8-11-10(3)5-4-6-12(11)17-13(14,15)16/h4-6,9H,1-3H3. The SMILES string of the molecule is Cc1cccc(SC(F)(F)F)c1C#CC(C)C. The Hall–Kier alpha value is -1.08. The van der Waals surface area contributed by atoms with Gasteiger partial charge in [-0.05, 0) is 30.3 Å². The van der Waals surface area contributed by atoms with E-state index in [-0.39, 0.29) is 22.6 Å². The van der Waals surface area contributed by atoms with Gasteiger partial charge in [-0.3, -0.25) is 0 Å². The predicted molar refractivity (Wildman–Crippen MR) is 64.8 cm³/mol. The normalized spacial score (nSPS) is 11.2. The van der Waals surface area contributed by atoms with Crippen molar-refractivity contribution < 1.29 is 13.2 Å². The molecule has 0 bridgehead atoms. The van der Waals surface area contributed by atoms with E-state index in [2.05, 4.69) is 11.8 Å². The van der Waals surface area contributed by atoms with Crippen molar-refractivity contribution in [3.63, 3.8) is 0 Å². The Morgan fingerprint density at radius 3 is 2.41 bits per heavy atom. The fourth-order valence-corrected chi connectivity index (χ4v) is 1.94. The lowest BCUT2D eigenvalue weighted by Gasteiger charge is -2.09. The zero-order valence-corrected chi connectivity index (χ0v) is 10.7. The zero-order chi connectivity index (χ0) is 13.1. The van der Waals surface area contributed by atoms with Gasteiger partial charge in [0.2, 0.25) is 0 Å². The van der Waals surface area contributed by atoms with E-state index in [4.69, 9.17) is 0 Å². The molecule has 0 aliphatic carbocycles. The fraction of sp³-hybridized carbons (Fsp3) is 0.385. The molecular weight excluding hydrogens is 245 g/mol. The van der Waals surface area contributed by atoms with E-state index in [0.29, 0.717) is 5.56 Å². The summed E-state index contributed by atoms with van der Waals surface area (Å²) in [6.07, 6.45) is 0. The molecule has 0 radical (unpaired) electrons. The minimum atomic E-state index is -4.28. The molecule has 0 N–H and O–H groups in total. The molecular formula is C13H13F3S. The molecule has 1 aromatic rings. The van der Waals surface area contributed by atoms with Gasteiger partial charge in [-0.25, -0.2) is 0 Å². The van der Waals surface area contributed by atoms with Crippen molar-refractivity contribution in [2.24, 2.45) is 5.92 Å².